The van der Waals surface area contributed by atoms with Crippen LogP contribution in [-0.4, -0.2) is 48.5 Å². The van der Waals surface area contributed by atoms with E-state index < -0.39 is 0 Å². The second-order valence-corrected chi connectivity index (χ2v) is 6.61. The number of carbonyl (C=O) groups is 1. The first-order chi connectivity index (χ1) is 9.74. The monoisotopic (exact) mass is 291 g/mol. The minimum absolute atomic E-state index is 0.267. The Morgan fingerprint density at radius 1 is 1.15 bits per heavy atom. The summed E-state index contributed by atoms with van der Waals surface area (Å²) < 4.78 is 0. The van der Waals surface area contributed by atoms with Gasteiger partial charge in [-0.2, -0.15) is 11.8 Å². The van der Waals surface area contributed by atoms with Crippen molar-refractivity contribution >= 4 is 29.0 Å². The van der Waals surface area contributed by atoms with E-state index in [2.05, 4.69) is 17.0 Å². The Balaban J connectivity index is 1.56. The lowest BCUT2D eigenvalue weighted by molar-refractivity contribution is -0.135. The van der Waals surface area contributed by atoms with Crippen LogP contribution in [0.3, 0.4) is 0 Å². The summed E-state index contributed by atoms with van der Waals surface area (Å²) in [6, 6.07) is 7.98. The zero-order chi connectivity index (χ0) is 13.9. The summed E-state index contributed by atoms with van der Waals surface area (Å²) in [7, 11) is 0. The topological polar surface area (TPSA) is 49.6 Å². The number of carbonyl (C=O) groups excluding carboxylic acids is 1. The van der Waals surface area contributed by atoms with Gasteiger partial charge in [-0.3, -0.25) is 4.79 Å². The summed E-state index contributed by atoms with van der Waals surface area (Å²) in [4.78, 5) is 16.7. The molecule has 20 heavy (non-hydrogen) atoms. The average Bonchev–Trinajstić information content (AvgIpc) is 3.02. The van der Waals surface area contributed by atoms with Gasteiger partial charge in [-0.05, 0) is 36.4 Å². The van der Waals surface area contributed by atoms with Gasteiger partial charge in [-0.15, -0.1) is 0 Å². The van der Waals surface area contributed by atoms with E-state index in [0.29, 0.717) is 5.91 Å². The van der Waals surface area contributed by atoms with E-state index in [4.69, 9.17) is 5.73 Å². The van der Waals surface area contributed by atoms with Crippen molar-refractivity contribution < 1.29 is 4.79 Å². The smallest absolute Gasteiger partial charge is 0.226 e. The first-order valence-corrected chi connectivity index (χ1v) is 8.36. The number of nitrogens with two attached hydrogens (primary N) is 1. The highest BCUT2D eigenvalue weighted by Crippen LogP contribution is 2.26. The Hall–Kier alpha value is -1.36. The van der Waals surface area contributed by atoms with Crippen molar-refractivity contribution in [2.75, 3.05) is 48.3 Å². The van der Waals surface area contributed by atoms with Crippen molar-refractivity contribution in [3.63, 3.8) is 0 Å². The number of amides is 1. The summed E-state index contributed by atoms with van der Waals surface area (Å²) >= 11 is 1.90. The summed E-state index contributed by atoms with van der Waals surface area (Å²) in [5.41, 5.74) is 7.70. The van der Waals surface area contributed by atoms with E-state index in [1.165, 1.54) is 5.69 Å². The predicted molar refractivity (Wildman–Crippen MR) is 85.1 cm³/mol. The molecule has 2 heterocycles. The number of piperazine rings is 1. The van der Waals surface area contributed by atoms with E-state index in [-0.39, 0.29) is 5.92 Å². The molecule has 1 atom stereocenters. The number of benzene rings is 1. The fourth-order valence-electron chi connectivity index (χ4n) is 2.86. The Morgan fingerprint density at radius 2 is 1.85 bits per heavy atom. The minimum atomic E-state index is 0.267. The molecule has 1 unspecified atom stereocenters. The van der Waals surface area contributed by atoms with Gasteiger partial charge in [-0.1, -0.05) is 0 Å². The van der Waals surface area contributed by atoms with Gasteiger partial charge in [0, 0.05) is 49.2 Å². The molecular weight excluding hydrogens is 270 g/mol. The predicted octanol–water partition coefficient (Wildman–Crippen LogP) is 1.67. The molecule has 2 fully saturated rings. The number of nitrogen functional groups attached to an aromatic ring is 1. The molecule has 2 aliphatic heterocycles. The van der Waals surface area contributed by atoms with Gasteiger partial charge in [0.15, 0.2) is 0 Å². The molecule has 0 aliphatic carbocycles. The van der Waals surface area contributed by atoms with Gasteiger partial charge in [-0.25, -0.2) is 0 Å². The Morgan fingerprint density at radius 3 is 2.45 bits per heavy atom. The molecule has 1 aromatic carbocycles. The number of rotatable bonds is 2. The molecule has 1 aromatic rings. The van der Waals surface area contributed by atoms with E-state index >= 15 is 0 Å². The van der Waals surface area contributed by atoms with Crippen molar-refractivity contribution in [2.24, 2.45) is 5.92 Å². The van der Waals surface area contributed by atoms with Crippen LogP contribution in [0.5, 0.6) is 0 Å². The zero-order valence-electron chi connectivity index (χ0n) is 11.6. The van der Waals surface area contributed by atoms with Crippen molar-refractivity contribution in [2.45, 2.75) is 6.42 Å². The lowest BCUT2D eigenvalue weighted by Crippen LogP contribution is -2.50. The lowest BCUT2D eigenvalue weighted by atomic mass is 10.1. The molecule has 0 saturated carbocycles. The molecule has 2 aliphatic rings. The van der Waals surface area contributed by atoms with Gasteiger partial charge < -0.3 is 15.5 Å². The second-order valence-electron chi connectivity index (χ2n) is 5.46. The first kappa shape index (κ1) is 13.6. The third kappa shape index (κ3) is 2.87. The van der Waals surface area contributed by atoms with E-state index in [9.17, 15) is 4.79 Å². The molecule has 2 N–H and O–H groups in total. The molecule has 3 rings (SSSR count). The van der Waals surface area contributed by atoms with Crippen LogP contribution in [-0.2, 0) is 4.79 Å². The number of hydrogen-bond donors (Lipinski definition) is 1. The molecular formula is C15H21N3OS. The highest BCUT2D eigenvalue weighted by atomic mass is 32.2. The number of anilines is 2. The molecule has 4 nitrogen and oxygen atoms in total. The lowest BCUT2D eigenvalue weighted by Gasteiger charge is -2.37. The molecule has 2 saturated heterocycles. The fraction of sp³-hybridized carbons (Fsp3) is 0.533. The highest BCUT2D eigenvalue weighted by molar-refractivity contribution is 7.99. The summed E-state index contributed by atoms with van der Waals surface area (Å²) in [6.07, 6.45) is 1.06. The third-order valence-electron chi connectivity index (χ3n) is 4.13. The van der Waals surface area contributed by atoms with E-state index in [1.54, 1.807) is 0 Å². The Labute approximate surface area is 124 Å². The minimum Gasteiger partial charge on any atom is -0.399 e. The van der Waals surface area contributed by atoms with Crippen molar-refractivity contribution in [1.29, 1.82) is 0 Å². The van der Waals surface area contributed by atoms with Crippen LogP contribution in [0.4, 0.5) is 11.4 Å². The van der Waals surface area contributed by atoms with Crippen LogP contribution < -0.4 is 10.6 Å². The van der Waals surface area contributed by atoms with E-state index in [0.717, 1.165) is 49.8 Å². The van der Waals surface area contributed by atoms with Crippen molar-refractivity contribution in [3.8, 4) is 0 Å². The number of nitrogens with zero attached hydrogens (tertiary/aromatic N) is 2. The largest absolute Gasteiger partial charge is 0.399 e. The van der Waals surface area contributed by atoms with Crippen molar-refractivity contribution in [1.82, 2.24) is 4.90 Å². The van der Waals surface area contributed by atoms with Crippen LogP contribution in [0, 0.1) is 5.92 Å². The maximum Gasteiger partial charge on any atom is 0.226 e. The maximum atomic E-state index is 12.4. The van der Waals surface area contributed by atoms with Crippen LogP contribution in [0.25, 0.3) is 0 Å². The van der Waals surface area contributed by atoms with Gasteiger partial charge in [0.05, 0.1) is 0 Å². The van der Waals surface area contributed by atoms with Crippen LogP contribution in [0.2, 0.25) is 0 Å². The SMILES string of the molecule is Nc1ccc(N2CCN(C(=O)C3CCSC3)CC2)cc1. The molecule has 0 aromatic heterocycles. The number of hydrogen-bond acceptors (Lipinski definition) is 4. The second kappa shape index (κ2) is 5.95. The fourth-order valence-corrected chi connectivity index (χ4v) is 4.07. The Bertz CT molecular complexity index is 463. The zero-order valence-corrected chi connectivity index (χ0v) is 12.4. The summed E-state index contributed by atoms with van der Waals surface area (Å²) in [5, 5.41) is 0. The maximum absolute atomic E-state index is 12.4. The molecule has 0 bridgehead atoms. The van der Waals surface area contributed by atoms with Crippen LogP contribution in [0.1, 0.15) is 6.42 Å². The van der Waals surface area contributed by atoms with Gasteiger partial charge in [0.1, 0.15) is 0 Å². The summed E-state index contributed by atoms with van der Waals surface area (Å²) in [6.45, 7) is 3.50. The highest BCUT2D eigenvalue weighted by Gasteiger charge is 2.29. The van der Waals surface area contributed by atoms with Crippen LogP contribution >= 0.6 is 11.8 Å². The molecule has 5 heteroatoms. The number of thioether (sulfide) groups is 1. The van der Waals surface area contributed by atoms with Gasteiger partial charge >= 0.3 is 0 Å². The van der Waals surface area contributed by atoms with Crippen molar-refractivity contribution in [3.05, 3.63) is 24.3 Å². The van der Waals surface area contributed by atoms with Gasteiger partial charge in [0.2, 0.25) is 5.91 Å². The first-order valence-electron chi connectivity index (χ1n) is 7.21. The molecule has 108 valence electrons. The average molecular weight is 291 g/mol. The molecule has 1 amide bonds. The van der Waals surface area contributed by atoms with Gasteiger partial charge in [0.25, 0.3) is 0 Å². The Kier molecular flexibility index (Phi) is 4.05. The third-order valence-corrected chi connectivity index (χ3v) is 5.29. The summed E-state index contributed by atoms with van der Waals surface area (Å²) in [5.74, 6) is 2.79. The van der Waals surface area contributed by atoms with Crippen LogP contribution in [0.15, 0.2) is 24.3 Å². The molecule has 0 spiro atoms. The normalized spacial score (nSPS) is 23.1. The standard InChI is InChI=1S/C15H21N3OS/c16-13-1-3-14(4-2-13)17-6-8-18(9-7-17)15(19)12-5-10-20-11-12/h1-4,12H,5-11,16H2. The molecule has 0 radical (unpaired) electrons. The quantitative estimate of drug-likeness (QED) is 0.842. The van der Waals surface area contributed by atoms with E-state index in [1.807, 2.05) is 28.8 Å².